The van der Waals surface area contributed by atoms with Crippen LogP contribution in [0.5, 0.6) is 0 Å². The van der Waals surface area contributed by atoms with Gasteiger partial charge in [-0.05, 0) is 6.07 Å². The average molecular weight is 352 g/mol. The van der Waals surface area contributed by atoms with Gasteiger partial charge < -0.3 is 15.0 Å². The number of hydrogen-bond donors (Lipinski definition) is 1. The molecule has 1 aromatic carbocycles. The molecule has 9 heteroatoms. The van der Waals surface area contributed by atoms with Gasteiger partial charge >= 0.3 is 5.69 Å². The van der Waals surface area contributed by atoms with Crippen LogP contribution in [0.3, 0.4) is 0 Å². The molecule has 1 atom stereocenters. The Balaban J connectivity index is 1.58. The zero-order valence-electron chi connectivity index (χ0n) is 13.1. The minimum Gasteiger partial charge on any atom is -0.377 e. The number of hydrogen-bond acceptors (Lipinski definition) is 5. The van der Waals surface area contributed by atoms with Crippen molar-refractivity contribution in [2.45, 2.75) is 19.1 Å². The van der Waals surface area contributed by atoms with Crippen molar-refractivity contribution < 1.29 is 17.9 Å². The Labute approximate surface area is 140 Å². The first-order valence-electron chi connectivity index (χ1n) is 7.86. The second kappa shape index (κ2) is 6.07. The van der Waals surface area contributed by atoms with Gasteiger partial charge in [0.15, 0.2) is 11.6 Å². The Hall–Kier alpha value is -2.55. The summed E-state index contributed by atoms with van der Waals surface area (Å²) in [5.74, 6) is -2.25. The third kappa shape index (κ3) is 2.84. The molecule has 1 aromatic heterocycles. The topological polar surface area (TPSA) is 59.4 Å². The molecule has 2 aromatic rings. The second-order valence-corrected chi connectivity index (χ2v) is 6.03. The maximum atomic E-state index is 13.7. The van der Waals surface area contributed by atoms with Crippen molar-refractivity contribution in [3.8, 4) is 0 Å². The normalized spacial score (nSPS) is 18.8. The van der Waals surface area contributed by atoms with Crippen molar-refractivity contribution in [3.63, 3.8) is 0 Å². The largest absolute Gasteiger partial charge is 0.377 e. The molecular formula is C16H15F3N4O2. The van der Waals surface area contributed by atoms with Gasteiger partial charge in [0.25, 0.3) is 0 Å². The maximum Gasteiger partial charge on any atom is 0.351 e. The van der Waals surface area contributed by atoms with Crippen molar-refractivity contribution in [2.75, 3.05) is 30.0 Å². The van der Waals surface area contributed by atoms with Crippen molar-refractivity contribution in [3.05, 3.63) is 51.7 Å². The lowest BCUT2D eigenvalue weighted by molar-refractivity contribution is 0.0956. The molecule has 1 saturated heterocycles. The van der Waals surface area contributed by atoms with Gasteiger partial charge in [-0.15, -0.1) is 0 Å². The number of aromatic nitrogens is 2. The molecule has 0 amide bonds. The van der Waals surface area contributed by atoms with Gasteiger partial charge in [-0.1, -0.05) is 0 Å². The highest BCUT2D eigenvalue weighted by atomic mass is 19.2. The summed E-state index contributed by atoms with van der Waals surface area (Å²) in [6.45, 7) is 2.19. The molecule has 132 valence electrons. The lowest BCUT2D eigenvalue weighted by atomic mass is 10.2. The van der Waals surface area contributed by atoms with Crippen LogP contribution in [0.15, 0.2) is 23.0 Å². The van der Waals surface area contributed by atoms with Crippen molar-refractivity contribution >= 4 is 11.6 Å². The van der Waals surface area contributed by atoms with Crippen LogP contribution in [-0.4, -0.2) is 35.4 Å². The van der Waals surface area contributed by atoms with E-state index in [0.29, 0.717) is 32.4 Å². The van der Waals surface area contributed by atoms with Gasteiger partial charge in [-0.2, -0.15) is 4.98 Å². The van der Waals surface area contributed by atoms with Crippen LogP contribution in [0.25, 0.3) is 0 Å². The third-order valence-electron chi connectivity index (χ3n) is 4.45. The Bertz CT molecular complexity index is 886. The van der Waals surface area contributed by atoms with E-state index in [1.54, 1.807) is 10.6 Å². The predicted molar refractivity (Wildman–Crippen MR) is 84.1 cm³/mol. The van der Waals surface area contributed by atoms with E-state index in [1.807, 2.05) is 0 Å². The fraction of sp³-hybridized carbons (Fsp3) is 0.375. The number of fused-ring (bicyclic) bond motifs is 3. The second-order valence-electron chi connectivity index (χ2n) is 6.03. The van der Waals surface area contributed by atoms with E-state index in [4.69, 9.17) is 4.74 Å². The molecule has 0 aliphatic carbocycles. The Morgan fingerprint density at radius 1 is 1.20 bits per heavy atom. The fourth-order valence-electron chi connectivity index (χ4n) is 3.20. The molecule has 6 nitrogen and oxygen atoms in total. The maximum absolute atomic E-state index is 13.7. The smallest absolute Gasteiger partial charge is 0.351 e. The van der Waals surface area contributed by atoms with Crippen LogP contribution >= 0.6 is 0 Å². The number of anilines is 2. The zero-order valence-corrected chi connectivity index (χ0v) is 13.1. The van der Waals surface area contributed by atoms with E-state index in [-0.39, 0.29) is 24.0 Å². The molecule has 0 spiro atoms. The molecule has 0 bridgehead atoms. The van der Waals surface area contributed by atoms with Gasteiger partial charge in [0.05, 0.1) is 25.8 Å². The summed E-state index contributed by atoms with van der Waals surface area (Å²) in [6, 6.07) is 3.08. The van der Waals surface area contributed by atoms with Gasteiger partial charge in [0, 0.05) is 30.8 Å². The summed E-state index contributed by atoms with van der Waals surface area (Å²) >= 11 is 0. The van der Waals surface area contributed by atoms with Gasteiger partial charge in [-0.25, -0.2) is 18.0 Å². The number of rotatable bonds is 3. The van der Waals surface area contributed by atoms with E-state index >= 15 is 0 Å². The minimum absolute atomic E-state index is 0.0504. The molecule has 4 rings (SSSR count). The number of nitrogens with zero attached hydrogens (tertiary/aromatic N) is 3. The van der Waals surface area contributed by atoms with Crippen LogP contribution in [0, 0.1) is 17.5 Å². The molecular weight excluding hydrogens is 337 g/mol. The summed E-state index contributed by atoms with van der Waals surface area (Å²) in [5, 5.41) is 2.80. The quantitative estimate of drug-likeness (QED) is 0.849. The highest BCUT2D eigenvalue weighted by Crippen LogP contribution is 2.27. The molecule has 0 saturated carbocycles. The van der Waals surface area contributed by atoms with Crippen LogP contribution < -0.4 is 15.9 Å². The summed E-state index contributed by atoms with van der Waals surface area (Å²) in [4.78, 5) is 18.2. The van der Waals surface area contributed by atoms with Crippen LogP contribution in [0.1, 0.15) is 5.56 Å². The van der Waals surface area contributed by atoms with E-state index in [1.165, 1.54) is 0 Å². The van der Waals surface area contributed by atoms with Crippen LogP contribution in [0.2, 0.25) is 0 Å². The van der Waals surface area contributed by atoms with E-state index in [2.05, 4.69) is 15.2 Å². The van der Waals surface area contributed by atoms with Crippen molar-refractivity contribution in [2.24, 2.45) is 0 Å². The Morgan fingerprint density at radius 3 is 2.84 bits per heavy atom. The molecule has 1 N–H and O–H groups in total. The zero-order chi connectivity index (χ0) is 17.6. The summed E-state index contributed by atoms with van der Waals surface area (Å²) in [6.07, 6.45) is 0. The number of morpholine rings is 1. The molecule has 0 unspecified atom stereocenters. The van der Waals surface area contributed by atoms with Crippen LogP contribution in [0.4, 0.5) is 24.8 Å². The third-order valence-corrected chi connectivity index (χ3v) is 4.45. The van der Waals surface area contributed by atoms with E-state index in [0.717, 1.165) is 11.9 Å². The summed E-state index contributed by atoms with van der Waals surface area (Å²) < 4.78 is 46.9. The fourth-order valence-corrected chi connectivity index (χ4v) is 3.20. The molecule has 2 aliphatic rings. The van der Waals surface area contributed by atoms with Gasteiger partial charge in [0.1, 0.15) is 17.5 Å². The Morgan fingerprint density at radius 2 is 2.00 bits per heavy atom. The predicted octanol–water partition coefficient (Wildman–Crippen LogP) is 1.49. The lowest BCUT2D eigenvalue weighted by Gasteiger charge is -2.30. The van der Waals surface area contributed by atoms with Crippen molar-refractivity contribution in [1.29, 1.82) is 0 Å². The molecule has 2 aliphatic heterocycles. The van der Waals surface area contributed by atoms with Gasteiger partial charge in [0.2, 0.25) is 0 Å². The van der Waals surface area contributed by atoms with E-state index < -0.39 is 23.1 Å². The summed E-state index contributed by atoms with van der Waals surface area (Å²) in [7, 11) is 0. The highest BCUT2D eigenvalue weighted by molar-refractivity contribution is 5.53. The lowest BCUT2D eigenvalue weighted by Crippen LogP contribution is -2.43. The van der Waals surface area contributed by atoms with Crippen molar-refractivity contribution in [1.82, 2.24) is 9.55 Å². The highest BCUT2D eigenvalue weighted by Gasteiger charge is 2.33. The first-order chi connectivity index (χ1) is 12.0. The molecule has 3 heterocycles. The number of halogens is 3. The van der Waals surface area contributed by atoms with E-state index in [9.17, 15) is 18.0 Å². The monoisotopic (exact) mass is 352 g/mol. The number of benzene rings is 1. The minimum atomic E-state index is -1.24. The average Bonchev–Trinajstić information content (AvgIpc) is 2.96. The number of ether oxygens (including phenoxy) is 1. The first kappa shape index (κ1) is 15.9. The Kier molecular flexibility index (Phi) is 3.87. The molecule has 0 radical (unpaired) electrons. The standard InChI is InChI=1S/C16H15F3N4O2/c17-11-4-13(19)12(18)3-9(11)6-20-14-5-15-22-1-2-25-8-10(22)7-23(15)16(24)21-14/h3-5,10H,1-2,6-8H2,(H,20,21,24)/t10-/m1/s1. The molecule has 1 fully saturated rings. The first-order valence-corrected chi connectivity index (χ1v) is 7.86. The summed E-state index contributed by atoms with van der Waals surface area (Å²) in [5.41, 5.74) is -0.467. The molecule has 25 heavy (non-hydrogen) atoms. The number of nitrogens with one attached hydrogen (secondary N) is 1. The SMILES string of the molecule is O=c1nc(NCc2cc(F)c(F)cc2F)cc2n1C[C@@H]1COCCN21. The van der Waals surface area contributed by atoms with Gasteiger partial charge in [-0.3, -0.25) is 4.57 Å². The van der Waals surface area contributed by atoms with Crippen LogP contribution in [-0.2, 0) is 17.8 Å².